The Morgan fingerprint density at radius 2 is 0.879 bits per heavy atom. The Morgan fingerprint density at radius 3 is 1.21 bits per heavy atom. The van der Waals surface area contributed by atoms with E-state index in [1.54, 1.807) is 45.5 Å². The molecule has 0 unspecified atom stereocenters. The highest BCUT2D eigenvalue weighted by Crippen LogP contribution is 2.20. The molecule has 0 aliphatic rings. The van der Waals surface area contributed by atoms with Crippen molar-refractivity contribution in [2.45, 2.75) is 38.8 Å². The van der Waals surface area contributed by atoms with Crippen molar-refractivity contribution in [3.63, 3.8) is 0 Å². The molecule has 0 saturated heterocycles. The first kappa shape index (κ1) is 45.1. The summed E-state index contributed by atoms with van der Waals surface area (Å²) in [5.41, 5.74) is 5.87. The summed E-state index contributed by atoms with van der Waals surface area (Å²) in [4.78, 5) is 49.8. The number of carbonyl (C=O) groups excluding carboxylic acids is 2. The Balaban J connectivity index is 0.976. The Labute approximate surface area is 349 Å². The second-order valence-corrected chi connectivity index (χ2v) is 16.3. The van der Waals surface area contributed by atoms with E-state index >= 15 is 0 Å². The van der Waals surface area contributed by atoms with Gasteiger partial charge >= 0.3 is 11.9 Å². The van der Waals surface area contributed by atoms with E-state index in [1.807, 2.05) is 122 Å². The molecule has 2 aromatic carbocycles. The van der Waals surface area contributed by atoms with Gasteiger partial charge in [0, 0.05) is 100 Å². The molecule has 4 rings (SSSR count). The third kappa shape index (κ3) is 17.7. The number of pyridine rings is 2. The minimum absolute atomic E-state index is 0.0476. The summed E-state index contributed by atoms with van der Waals surface area (Å²) in [6, 6.07) is 23.6. The first-order chi connectivity index (χ1) is 28.0. The molecule has 58 heavy (non-hydrogen) atoms. The molecule has 0 aliphatic carbocycles. The molecule has 0 bridgehead atoms. The van der Waals surface area contributed by atoms with Gasteiger partial charge in [-0.3, -0.25) is 19.2 Å². The van der Waals surface area contributed by atoms with Crippen LogP contribution in [0.3, 0.4) is 0 Å². The summed E-state index contributed by atoms with van der Waals surface area (Å²) < 4.78 is 4.14. The van der Waals surface area contributed by atoms with Crippen LogP contribution >= 0.6 is 21.6 Å². The molecule has 2 aromatic heterocycles. The van der Waals surface area contributed by atoms with Gasteiger partial charge in [0.15, 0.2) is 24.8 Å². The zero-order valence-corrected chi connectivity index (χ0v) is 34.8. The maximum Gasteiger partial charge on any atom is 0.323 e. The molecular formula is C44H54N6O6S2+2. The van der Waals surface area contributed by atoms with E-state index in [2.05, 4.69) is 19.8 Å². The molecule has 2 heterocycles. The number of aryl methyl sites for hydroxylation is 2. The zero-order valence-electron chi connectivity index (χ0n) is 33.2. The molecule has 0 atom stereocenters. The molecule has 0 radical (unpaired) electrons. The van der Waals surface area contributed by atoms with Crippen LogP contribution < -0.4 is 29.6 Å². The highest BCUT2D eigenvalue weighted by Gasteiger charge is 2.09. The summed E-state index contributed by atoms with van der Waals surface area (Å²) in [5.74, 6) is -0.0368. The van der Waals surface area contributed by atoms with E-state index in [0.29, 0.717) is 25.9 Å². The van der Waals surface area contributed by atoms with E-state index < -0.39 is 11.9 Å². The third-order valence-corrected chi connectivity index (χ3v) is 11.3. The second-order valence-electron chi connectivity index (χ2n) is 13.6. The van der Waals surface area contributed by atoms with Crippen LogP contribution in [0.4, 0.5) is 11.4 Å². The molecule has 0 aliphatic heterocycles. The van der Waals surface area contributed by atoms with Gasteiger partial charge in [0.05, 0.1) is 0 Å². The van der Waals surface area contributed by atoms with E-state index in [9.17, 15) is 19.2 Å². The number of hydrogen-bond acceptors (Lipinski definition) is 8. The Morgan fingerprint density at radius 1 is 0.552 bits per heavy atom. The summed E-state index contributed by atoms with van der Waals surface area (Å²) in [6.45, 7) is 2.62. The first-order valence-corrected chi connectivity index (χ1v) is 21.7. The summed E-state index contributed by atoms with van der Waals surface area (Å²) >= 11 is 0. The summed E-state index contributed by atoms with van der Waals surface area (Å²) in [6.07, 6.45) is 18.5. The van der Waals surface area contributed by atoms with Crippen molar-refractivity contribution in [3.05, 3.63) is 120 Å². The standard InChI is InChI=1S/C44H52N6O6S2/c1-47(33-43(53)54)39-15-11-35(12-16-39)7-9-37-19-27-49(28-20-37)25-3-5-41(51)45-23-31-57-58-32-24-46-42(52)6-4-26-50-29-21-38(22-30-50)10-8-36-13-17-40(18-14-36)48(2)34-44(55)56/h7-22,27-30H,3-6,23-26,31-34H2,1-2H3,(H2-2,45,46,51,52,53,54,55,56)/p+2. The number of carboxylic acid groups (broad SMARTS) is 2. The minimum atomic E-state index is -0.866. The van der Waals surface area contributed by atoms with E-state index in [4.69, 9.17) is 10.2 Å². The van der Waals surface area contributed by atoms with Crippen LogP contribution in [0.15, 0.2) is 97.6 Å². The molecule has 12 nitrogen and oxygen atoms in total. The Kier molecular flexibility index (Phi) is 19.4. The fraction of sp³-hybridized carbons (Fsp3) is 0.318. The molecule has 0 fully saturated rings. The number of aliphatic carboxylic acids is 2. The predicted octanol–water partition coefficient (Wildman–Crippen LogP) is 5.52. The lowest BCUT2D eigenvalue weighted by molar-refractivity contribution is -0.697. The fourth-order valence-corrected chi connectivity index (χ4v) is 7.53. The maximum atomic E-state index is 12.3. The number of aromatic nitrogens is 2. The molecule has 14 heteroatoms. The van der Waals surface area contributed by atoms with Crippen molar-refractivity contribution in [2.75, 3.05) is 61.6 Å². The van der Waals surface area contributed by atoms with E-state index in [1.165, 1.54) is 0 Å². The van der Waals surface area contributed by atoms with Gasteiger partial charge in [-0.15, -0.1) is 0 Å². The van der Waals surface area contributed by atoms with Gasteiger partial charge in [-0.25, -0.2) is 9.13 Å². The van der Waals surface area contributed by atoms with Crippen molar-refractivity contribution < 1.29 is 38.5 Å². The molecule has 2 amide bonds. The predicted molar refractivity (Wildman–Crippen MR) is 235 cm³/mol. The maximum absolute atomic E-state index is 12.3. The van der Waals surface area contributed by atoms with Crippen molar-refractivity contribution in [1.29, 1.82) is 0 Å². The largest absolute Gasteiger partial charge is 0.480 e. The summed E-state index contributed by atoms with van der Waals surface area (Å²) in [7, 11) is 6.88. The van der Waals surface area contributed by atoms with Crippen molar-refractivity contribution in [2.24, 2.45) is 0 Å². The highest BCUT2D eigenvalue weighted by molar-refractivity contribution is 8.76. The average molecular weight is 827 g/mol. The van der Waals surface area contributed by atoms with Gasteiger partial charge < -0.3 is 30.6 Å². The number of nitrogens with zero attached hydrogens (tertiary/aromatic N) is 4. The molecule has 4 N–H and O–H groups in total. The van der Waals surface area contributed by atoms with Gasteiger partial charge in [0.2, 0.25) is 11.8 Å². The summed E-state index contributed by atoms with van der Waals surface area (Å²) in [5, 5.41) is 23.9. The van der Waals surface area contributed by atoms with Gasteiger partial charge in [-0.1, -0.05) is 70.2 Å². The van der Waals surface area contributed by atoms with Crippen molar-refractivity contribution in [1.82, 2.24) is 10.6 Å². The monoisotopic (exact) mass is 826 g/mol. The molecule has 4 aromatic rings. The van der Waals surface area contributed by atoms with Gasteiger partial charge in [0.25, 0.3) is 0 Å². The molecule has 306 valence electrons. The SMILES string of the molecule is CN(CC(=O)O)c1ccc(C=Cc2cc[n+](CCCC(=O)NCCSSCCNC(=O)CCC[n+]3ccc(C=Cc4ccc(N(C)CC(=O)O)cc4)cc3)cc2)cc1. The molecule has 0 saturated carbocycles. The normalized spacial score (nSPS) is 11.1. The Bertz CT molecular complexity index is 1810. The number of hydrogen-bond donors (Lipinski definition) is 4. The number of rotatable bonds is 25. The highest BCUT2D eigenvalue weighted by atomic mass is 33.1. The van der Waals surface area contributed by atoms with Gasteiger partial charge in [-0.2, -0.15) is 0 Å². The topological polar surface area (TPSA) is 147 Å². The van der Waals surface area contributed by atoms with Crippen LogP contribution in [0.5, 0.6) is 0 Å². The smallest absolute Gasteiger partial charge is 0.323 e. The Hall–Kier alpha value is -5.60. The fourth-order valence-electron chi connectivity index (χ4n) is 5.71. The van der Waals surface area contributed by atoms with Crippen molar-refractivity contribution in [3.8, 4) is 0 Å². The van der Waals surface area contributed by atoms with Crippen LogP contribution in [0.25, 0.3) is 24.3 Å². The number of nitrogens with one attached hydrogen (secondary N) is 2. The number of amides is 2. The van der Waals surface area contributed by atoms with Crippen LogP contribution in [0, 0.1) is 0 Å². The zero-order chi connectivity index (χ0) is 41.5. The quantitative estimate of drug-likeness (QED) is 0.0383. The lowest BCUT2D eigenvalue weighted by Gasteiger charge is -2.16. The van der Waals surface area contributed by atoms with Crippen molar-refractivity contribution >= 4 is 81.0 Å². The molecule has 0 spiro atoms. The lowest BCUT2D eigenvalue weighted by Crippen LogP contribution is -2.34. The first-order valence-electron chi connectivity index (χ1n) is 19.2. The van der Waals surface area contributed by atoms with Gasteiger partial charge in [-0.05, 0) is 46.5 Å². The lowest BCUT2D eigenvalue weighted by atomic mass is 10.1. The number of carboxylic acids is 2. The van der Waals surface area contributed by atoms with Crippen LogP contribution in [0.1, 0.15) is 47.9 Å². The average Bonchev–Trinajstić information content (AvgIpc) is 3.21. The van der Waals surface area contributed by atoms with Gasteiger partial charge in [0.1, 0.15) is 26.2 Å². The van der Waals surface area contributed by atoms with Crippen LogP contribution in [-0.2, 0) is 32.3 Å². The third-order valence-electron chi connectivity index (χ3n) is 8.92. The molecular weight excluding hydrogens is 773 g/mol. The van der Waals surface area contributed by atoms with E-state index in [0.717, 1.165) is 71.1 Å². The van der Waals surface area contributed by atoms with Crippen LogP contribution in [0.2, 0.25) is 0 Å². The number of anilines is 2. The number of benzene rings is 2. The number of carbonyl (C=O) groups is 4. The van der Waals surface area contributed by atoms with E-state index in [-0.39, 0.29) is 24.9 Å². The minimum Gasteiger partial charge on any atom is -0.480 e. The van der Waals surface area contributed by atoms with Crippen LogP contribution in [-0.4, -0.2) is 85.7 Å². The number of likely N-dealkylation sites (N-methyl/N-ethyl adjacent to an activating group) is 2. The second kappa shape index (κ2) is 24.9.